The minimum absolute atomic E-state index is 0.0158. The number of hydrogen-bond acceptors (Lipinski definition) is 3. The summed E-state index contributed by atoms with van der Waals surface area (Å²) < 4.78 is 27.1. The second kappa shape index (κ2) is 9.54. The molecular weight excluding hydrogens is 396 g/mol. The number of amides is 1. The minimum Gasteiger partial charge on any atom is -0.352 e. The van der Waals surface area contributed by atoms with Gasteiger partial charge >= 0.3 is 0 Å². The summed E-state index contributed by atoms with van der Waals surface area (Å²) in [6.45, 7) is 1.48. The standard InChI is InChI=1S/C21H25ClN2O3S/c22-19-11-8-17(9-12-19)15-23-21(25)13-10-18-5-4-14-24(16-18)28(26,27)20-6-2-1-3-7-20/h1-3,6-9,11-12,18H,4-5,10,13-16H2,(H,23,25). The molecule has 1 heterocycles. The van der Waals surface area contributed by atoms with Gasteiger partial charge in [0, 0.05) is 31.1 Å². The molecule has 0 radical (unpaired) electrons. The van der Waals surface area contributed by atoms with Gasteiger partial charge in [0.05, 0.1) is 4.90 Å². The fraction of sp³-hybridized carbons (Fsp3) is 0.381. The van der Waals surface area contributed by atoms with Crippen LogP contribution in [0.1, 0.15) is 31.2 Å². The quantitative estimate of drug-likeness (QED) is 0.740. The highest BCUT2D eigenvalue weighted by molar-refractivity contribution is 7.89. The molecule has 1 aliphatic rings. The molecule has 1 fully saturated rings. The molecule has 1 saturated heterocycles. The Kier molecular flexibility index (Phi) is 7.10. The van der Waals surface area contributed by atoms with Crippen molar-refractivity contribution in [3.63, 3.8) is 0 Å². The third-order valence-electron chi connectivity index (χ3n) is 5.05. The zero-order valence-corrected chi connectivity index (χ0v) is 17.3. The van der Waals surface area contributed by atoms with Crippen molar-refractivity contribution >= 4 is 27.5 Å². The van der Waals surface area contributed by atoms with Gasteiger partial charge in [-0.1, -0.05) is 41.9 Å². The molecule has 28 heavy (non-hydrogen) atoms. The van der Waals surface area contributed by atoms with E-state index in [-0.39, 0.29) is 11.8 Å². The van der Waals surface area contributed by atoms with Gasteiger partial charge in [0.25, 0.3) is 0 Å². The van der Waals surface area contributed by atoms with E-state index in [0.717, 1.165) is 18.4 Å². The molecule has 3 rings (SSSR count). The van der Waals surface area contributed by atoms with Gasteiger partial charge in [-0.2, -0.15) is 4.31 Å². The molecule has 0 bridgehead atoms. The van der Waals surface area contributed by atoms with Gasteiger partial charge in [-0.3, -0.25) is 4.79 Å². The maximum absolute atomic E-state index is 12.8. The second-order valence-electron chi connectivity index (χ2n) is 7.13. The average Bonchev–Trinajstić information content (AvgIpc) is 2.72. The minimum atomic E-state index is -3.46. The van der Waals surface area contributed by atoms with E-state index in [1.165, 1.54) is 0 Å². The summed E-state index contributed by atoms with van der Waals surface area (Å²) in [6.07, 6.45) is 2.86. The van der Waals surface area contributed by atoms with Crippen molar-refractivity contribution in [1.29, 1.82) is 0 Å². The molecule has 2 aromatic rings. The largest absolute Gasteiger partial charge is 0.352 e. The van der Waals surface area contributed by atoms with E-state index in [1.807, 2.05) is 12.1 Å². The molecule has 1 unspecified atom stereocenters. The monoisotopic (exact) mass is 420 g/mol. The van der Waals surface area contributed by atoms with Crippen LogP contribution in [-0.4, -0.2) is 31.7 Å². The molecule has 0 saturated carbocycles. The number of carbonyl (C=O) groups excluding carboxylic acids is 1. The topological polar surface area (TPSA) is 66.5 Å². The van der Waals surface area contributed by atoms with Crippen LogP contribution in [0.2, 0.25) is 5.02 Å². The summed E-state index contributed by atoms with van der Waals surface area (Å²) in [7, 11) is -3.46. The second-order valence-corrected chi connectivity index (χ2v) is 9.50. The molecule has 150 valence electrons. The summed E-state index contributed by atoms with van der Waals surface area (Å²) in [6, 6.07) is 15.9. The Morgan fingerprint density at radius 3 is 2.54 bits per heavy atom. The van der Waals surface area contributed by atoms with E-state index >= 15 is 0 Å². The van der Waals surface area contributed by atoms with Crippen LogP contribution in [0.15, 0.2) is 59.5 Å². The number of hydrogen-bond donors (Lipinski definition) is 1. The van der Waals surface area contributed by atoms with Crippen LogP contribution in [0.3, 0.4) is 0 Å². The number of piperidine rings is 1. The van der Waals surface area contributed by atoms with Crippen LogP contribution in [-0.2, 0) is 21.4 Å². The Morgan fingerprint density at radius 2 is 1.82 bits per heavy atom. The number of benzene rings is 2. The summed E-state index contributed by atoms with van der Waals surface area (Å²) in [4.78, 5) is 12.5. The highest BCUT2D eigenvalue weighted by Crippen LogP contribution is 2.26. The predicted molar refractivity (Wildman–Crippen MR) is 110 cm³/mol. The number of rotatable bonds is 7. The van der Waals surface area contributed by atoms with E-state index < -0.39 is 10.0 Å². The van der Waals surface area contributed by atoms with Crippen LogP contribution < -0.4 is 5.32 Å². The number of nitrogens with zero attached hydrogens (tertiary/aromatic N) is 1. The van der Waals surface area contributed by atoms with Crippen molar-refractivity contribution in [2.45, 2.75) is 37.1 Å². The van der Waals surface area contributed by atoms with Gasteiger partial charge in [0.1, 0.15) is 0 Å². The van der Waals surface area contributed by atoms with Gasteiger partial charge in [-0.05, 0) is 55.0 Å². The van der Waals surface area contributed by atoms with Gasteiger partial charge < -0.3 is 5.32 Å². The van der Waals surface area contributed by atoms with Crippen molar-refractivity contribution < 1.29 is 13.2 Å². The van der Waals surface area contributed by atoms with E-state index in [1.54, 1.807) is 46.8 Å². The van der Waals surface area contributed by atoms with Crippen molar-refractivity contribution in [3.05, 3.63) is 65.2 Å². The Hall–Kier alpha value is -1.89. The maximum Gasteiger partial charge on any atom is 0.243 e. The van der Waals surface area contributed by atoms with Crippen molar-refractivity contribution in [2.75, 3.05) is 13.1 Å². The molecule has 1 atom stereocenters. The number of sulfonamides is 1. The fourth-order valence-corrected chi connectivity index (χ4v) is 5.15. The van der Waals surface area contributed by atoms with Crippen LogP contribution >= 0.6 is 11.6 Å². The number of halogens is 1. The lowest BCUT2D eigenvalue weighted by Crippen LogP contribution is -2.40. The molecule has 7 heteroatoms. The van der Waals surface area contributed by atoms with Crippen molar-refractivity contribution in [2.24, 2.45) is 5.92 Å². The first-order chi connectivity index (χ1) is 13.4. The first-order valence-electron chi connectivity index (χ1n) is 9.51. The van der Waals surface area contributed by atoms with Gasteiger partial charge in [-0.25, -0.2) is 8.42 Å². The number of nitrogens with one attached hydrogen (secondary N) is 1. The first-order valence-corrected chi connectivity index (χ1v) is 11.3. The van der Waals surface area contributed by atoms with Crippen molar-refractivity contribution in [1.82, 2.24) is 9.62 Å². The van der Waals surface area contributed by atoms with E-state index in [2.05, 4.69) is 5.32 Å². The molecular formula is C21H25ClN2O3S. The molecule has 2 aromatic carbocycles. The van der Waals surface area contributed by atoms with E-state index in [9.17, 15) is 13.2 Å². The highest BCUT2D eigenvalue weighted by Gasteiger charge is 2.30. The summed E-state index contributed by atoms with van der Waals surface area (Å²) >= 11 is 5.86. The van der Waals surface area contributed by atoms with Gasteiger partial charge in [0.15, 0.2) is 0 Å². The Balaban J connectivity index is 1.48. The molecule has 1 aliphatic heterocycles. The average molecular weight is 421 g/mol. The van der Waals surface area contributed by atoms with E-state index in [4.69, 9.17) is 11.6 Å². The van der Waals surface area contributed by atoms with Gasteiger partial charge in [0.2, 0.25) is 15.9 Å². The first kappa shape index (κ1) is 20.8. The third-order valence-corrected chi connectivity index (χ3v) is 7.18. The lowest BCUT2D eigenvalue weighted by atomic mass is 9.94. The molecule has 0 aromatic heterocycles. The zero-order chi connectivity index (χ0) is 20.0. The normalized spacial score (nSPS) is 18.0. The lowest BCUT2D eigenvalue weighted by molar-refractivity contribution is -0.121. The zero-order valence-electron chi connectivity index (χ0n) is 15.7. The Bertz CT molecular complexity index is 886. The molecule has 5 nitrogen and oxygen atoms in total. The highest BCUT2D eigenvalue weighted by atomic mass is 35.5. The van der Waals surface area contributed by atoms with Crippen molar-refractivity contribution in [3.8, 4) is 0 Å². The van der Waals surface area contributed by atoms with Crippen LogP contribution in [0.25, 0.3) is 0 Å². The Morgan fingerprint density at radius 1 is 1.11 bits per heavy atom. The smallest absolute Gasteiger partial charge is 0.243 e. The fourth-order valence-electron chi connectivity index (χ4n) is 3.45. The molecule has 1 N–H and O–H groups in total. The number of carbonyl (C=O) groups is 1. The van der Waals surface area contributed by atoms with Crippen LogP contribution in [0.5, 0.6) is 0 Å². The lowest BCUT2D eigenvalue weighted by Gasteiger charge is -2.31. The summed E-state index contributed by atoms with van der Waals surface area (Å²) in [5.74, 6) is 0.187. The predicted octanol–water partition coefficient (Wildman–Crippen LogP) is 3.84. The maximum atomic E-state index is 12.8. The molecule has 0 spiro atoms. The SMILES string of the molecule is O=C(CCC1CCCN(S(=O)(=O)c2ccccc2)C1)NCc1ccc(Cl)cc1. The Labute approximate surface area is 171 Å². The van der Waals surface area contributed by atoms with E-state index in [0.29, 0.717) is 42.4 Å². The summed E-state index contributed by atoms with van der Waals surface area (Å²) in [5.41, 5.74) is 0.996. The van der Waals surface area contributed by atoms with Crippen LogP contribution in [0, 0.1) is 5.92 Å². The summed E-state index contributed by atoms with van der Waals surface area (Å²) in [5, 5.41) is 3.58. The molecule has 1 amide bonds. The van der Waals surface area contributed by atoms with Gasteiger partial charge in [-0.15, -0.1) is 0 Å². The third kappa shape index (κ3) is 5.56. The van der Waals surface area contributed by atoms with Crippen LogP contribution in [0.4, 0.5) is 0 Å². The molecule has 0 aliphatic carbocycles.